The van der Waals surface area contributed by atoms with Gasteiger partial charge >= 0.3 is 0 Å². The standard InChI is InChI=1S/C19H15N7O/c20-11-14-15(12-7-3-1-4-8-12)16(26-19(22)23-24-25-26)17(27-18(14)21)13-9-5-2-6-10-13/h1-10,15H,21H2,(H2,22,23,25)/t15-/m0/s1. The third kappa shape index (κ3) is 2.77. The van der Waals surface area contributed by atoms with E-state index < -0.39 is 5.92 Å². The lowest BCUT2D eigenvalue weighted by Gasteiger charge is -2.29. The normalized spacial score (nSPS) is 16.8. The SMILES string of the molecule is N#CC1=C(N)OC(c2ccccc2)=C(n2nnnc2N)[C@H]1c1ccccc1. The van der Waals surface area contributed by atoms with Crippen molar-refractivity contribution in [1.29, 1.82) is 5.26 Å². The highest BCUT2D eigenvalue weighted by Crippen LogP contribution is 2.44. The van der Waals surface area contributed by atoms with E-state index in [2.05, 4.69) is 21.6 Å². The Kier molecular flexibility index (Phi) is 4.03. The van der Waals surface area contributed by atoms with E-state index in [1.54, 1.807) is 0 Å². The van der Waals surface area contributed by atoms with Crippen molar-refractivity contribution < 1.29 is 4.74 Å². The van der Waals surface area contributed by atoms with E-state index >= 15 is 0 Å². The smallest absolute Gasteiger partial charge is 0.244 e. The number of tetrazole rings is 1. The number of benzene rings is 2. The van der Waals surface area contributed by atoms with Crippen LogP contribution < -0.4 is 11.5 Å². The molecule has 0 bridgehead atoms. The highest BCUT2D eigenvalue weighted by molar-refractivity contribution is 5.87. The van der Waals surface area contributed by atoms with Crippen molar-refractivity contribution in [3.05, 3.63) is 83.2 Å². The minimum atomic E-state index is -0.536. The molecule has 3 aromatic rings. The molecule has 2 aromatic carbocycles. The monoisotopic (exact) mass is 357 g/mol. The summed E-state index contributed by atoms with van der Waals surface area (Å²) >= 11 is 0. The zero-order chi connectivity index (χ0) is 18.8. The molecule has 132 valence electrons. The summed E-state index contributed by atoms with van der Waals surface area (Å²) in [5.41, 5.74) is 14.5. The van der Waals surface area contributed by atoms with Gasteiger partial charge in [-0.25, -0.2) is 0 Å². The predicted octanol–water partition coefficient (Wildman–Crippen LogP) is 2.09. The van der Waals surface area contributed by atoms with Crippen molar-refractivity contribution in [2.75, 3.05) is 5.73 Å². The molecule has 0 saturated heterocycles. The van der Waals surface area contributed by atoms with Crippen LogP contribution in [0.2, 0.25) is 0 Å². The van der Waals surface area contributed by atoms with E-state index in [0.29, 0.717) is 11.5 Å². The first-order chi connectivity index (χ1) is 13.2. The molecule has 1 aliphatic heterocycles. The number of aromatic nitrogens is 4. The van der Waals surface area contributed by atoms with Gasteiger partial charge in [-0.15, -0.1) is 0 Å². The Hall–Kier alpha value is -4.12. The highest BCUT2D eigenvalue weighted by atomic mass is 16.5. The molecule has 0 amide bonds. The molecule has 0 radical (unpaired) electrons. The van der Waals surface area contributed by atoms with Gasteiger partial charge in [0.05, 0.1) is 5.92 Å². The van der Waals surface area contributed by atoms with Crippen LogP contribution in [0.1, 0.15) is 17.0 Å². The molecule has 0 spiro atoms. The number of hydrogen-bond donors (Lipinski definition) is 2. The number of allylic oxidation sites excluding steroid dienone is 2. The molecule has 0 fully saturated rings. The van der Waals surface area contributed by atoms with Gasteiger partial charge in [0, 0.05) is 5.56 Å². The summed E-state index contributed by atoms with van der Waals surface area (Å²) in [6.45, 7) is 0. The lowest BCUT2D eigenvalue weighted by Crippen LogP contribution is -2.24. The highest BCUT2D eigenvalue weighted by Gasteiger charge is 2.36. The molecule has 1 aliphatic rings. The first-order valence-corrected chi connectivity index (χ1v) is 8.17. The van der Waals surface area contributed by atoms with Gasteiger partial charge < -0.3 is 16.2 Å². The molecule has 2 heterocycles. The summed E-state index contributed by atoms with van der Waals surface area (Å²) in [4.78, 5) is 0. The van der Waals surface area contributed by atoms with Crippen LogP contribution in [0.3, 0.4) is 0 Å². The van der Waals surface area contributed by atoms with Crippen LogP contribution in [-0.4, -0.2) is 20.2 Å². The Bertz CT molecular complexity index is 1080. The number of anilines is 1. The quantitative estimate of drug-likeness (QED) is 0.734. The lowest BCUT2D eigenvalue weighted by atomic mass is 9.86. The number of nitrogens with two attached hydrogens (primary N) is 2. The number of nitrogen functional groups attached to an aromatic ring is 1. The molecule has 1 aromatic heterocycles. The molecular weight excluding hydrogens is 342 g/mol. The fourth-order valence-corrected chi connectivity index (χ4v) is 3.10. The Morgan fingerprint density at radius 3 is 2.26 bits per heavy atom. The first-order valence-electron chi connectivity index (χ1n) is 8.17. The van der Waals surface area contributed by atoms with E-state index in [9.17, 15) is 5.26 Å². The summed E-state index contributed by atoms with van der Waals surface area (Å²) in [5.74, 6) is 0.0345. The third-order valence-corrected chi connectivity index (χ3v) is 4.28. The van der Waals surface area contributed by atoms with Gasteiger partial charge in [-0.05, 0) is 16.0 Å². The Morgan fingerprint density at radius 1 is 1.00 bits per heavy atom. The van der Waals surface area contributed by atoms with E-state index in [0.717, 1.165) is 11.1 Å². The van der Waals surface area contributed by atoms with Gasteiger partial charge in [0.15, 0.2) is 5.76 Å². The molecule has 1 atom stereocenters. The van der Waals surface area contributed by atoms with Gasteiger partial charge in [-0.2, -0.15) is 9.94 Å². The molecule has 0 saturated carbocycles. The van der Waals surface area contributed by atoms with Gasteiger partial charge in [0.2, 0.25) is 11.8 Å². The van der Waals surface area contributed by atoms with Crippen molar-refractivity contribution in [3.63, 3.8) is 0 Å². The van der Waals surface area contributed by atoms with Gasteiger partial charge in [0.1, 0.15) is 17.3 Å². The van der Waals surface area contributed by atoms with Crippen LogP contribution in [0.4, 0.5) is 5.95 Å². The third-order valence-electron chi connectivity index (χ3n) is 4.28. The molecule has 8 nitrogen and oxygen atoms in total. The van der Waals surface area contributed by atoms with Crippen LogP contribution in [0, 0.1) is 11.3 Å². The maximum Gasteiger partial charge on any atom is 0.244 e. The second-order valence-corrected chi connectivity index (χ2v) is 5.86. The average molecular weight is 357 g/mol. The molecule has 0 aliphatic carbocycles. The van der Waals surface area contributed by atoms with E-state index in [1.807, 2.05) is 60.7 Å². The summed E-state index contributed by atoms with van der Waals surface area (Å²) < 4.78 is 7.24. The average Bonchev–Trinajstić information content (AvgIpc) is 3.14. The number of ether oxygens (including phenoxy) is 1. The number of rotatable bonds is 3. The van der Waals surface area contributed by atoms with Crippen molar-refractivity contribution in [3.8, 4) is 6.07 Å². The van der Waals surface area contributed by atoms with Crippen molar-refractivity contribution in [1.82, 2.24) is 20.2 Å². The van der Waals surface area contributed by atoms with Gasteiger partial charge in [-0.1, -0.05) is 65.8 Å². The second kappa shape index (κ2) is 6.65. The zero-order valence-corrected chi connectivity index (χ0v) is 14.1. The maximum atomic E-state index is 9.75. The predicted molar refractivity (Wildman–Crippen MR) is 98.9 cm³/mol. The molecule has 4 rings (SSSR count). The fraction of sp³-hybridized carbons (Fsp3) is 0.0526. The zero-order valence-electron chi connectivity index (χ0n) is 14.1. The second-order valence-electron chi connectivity index (χ2n) is 5.86. The molecule has 8 heteroatoms. The van der Waals surface area contributed by atoms with Crippen molar-refractivity contribution in [2.45, 2.75) is 5.92 Å². The topological polar surface area (TPSA) is 129 Å². The Morgan fingerprint density at radius 2 is 1.67 bits per heavy atom. The van der Waals surface area contributed by atoms with Crippen LogP contribution in [0.25, 0.3) is 11.5 Å². The Labute approximate surface area is 155 Å². The van der Waals surface area contributed by atoms with E-state index in [1.165, 1.54) is 4.68 Å². The molecular formula is C19H15N7O. The van der Waals surface area contributed by atoms with Gasteiger partial charge in [-0.3, -0.25) is 0 Å². The van der Waals surface area contributed by atoms with Gasteiger partial charge in [0.25, 0.3) is 0 Å². The summed E-state index contributed by atoms with van der Waals surface area (Å²) in [7, 11) is 0. The van der Waals surface area contributed by atoms with Crippen LogP contribution in [0.15, 0.2) is 72.1 Å². The summed E-state index contributed by atoms with van der Waals surface area (Å²) in [5, 5.41) is 21.2. The van der Waals surface area contributed by atoms with Crippen molar-refractivity contribution >= 4 is 17.4 Å². The fourth-order valence-electron chi connectivity index (χ4n) is 3.10. The Balaban J connectivity index is 2.04. The molecule has 27 heavy (non-hydrogen) atoms. The number of nitrogens with zero attached hydrogens (tertiary/aromatic N) is 5. The minimum Gasteiger partial charge on any atom is -0.438 e. The molecule has 0 unspecified atom stereocenters. The van der Waals surface area contributed by atoms with Crippen LogP contribution >= 0.6 is 0 Å². The number of hydrogen-bond acceptors (Lipinski definition) is 7. The largest absolute Gasteiger partial charge is 0.438 e. The van der Waals surface area contributed by atoms with Crippen LogP contribution in [0.5, 0.6) is 0 Å². The summed E-state index contributed by atoms with van der Waals surface area (Å²) in [6.07, 6.45) is 0. The summed E-state index contributed by atoms with van der Waals surface area (Å²) in [6, 6.07) is 21.1. The molecule has 4 N–H and O–H groups in total. The maximum absolute atomic E-state index is 9.75. The van der Waals surface area contributed by atoms with E-state index in [4.69, 9.17) is 16.2 Å². The van der Waals surface area contributed by atoms with E-state index in [-0.39, 0.29) is 17.4 Å². The number of nitriles is 1. The lowest BCUT2D eigenvalue weighted by molar-refractivity contribution is 0.360. The van der Waals surface area contributed by atoms with Crippen molar-refractivity contribution in [2.24, 2.45) is 5.73 Å². The van der Waals surface area contributed by atoms with Crippen LogP contribution in [-0.2, 0) is 4.74 Å². The minimum absolute atomic E-state index is 0.0422. The first kappa shape index (κ1) is 16.4.